The standard InChI is InChI=1S/C27H27F3N6O3S.C27H29N7O4S.2C21H21N6O5PS/c1-3-31-25(38)35-26-34-22-10-17(16-4-5-20(33-11-16)24(37)27(28,29)30)9-19(23(22)40-26)21-8-15(6-7-32-21)12-36-13-18(14-36)39-2;1-2-28-25(35)33-26-32-22-11-18(19-12-30-24(31-13-19)27(36)15-38-16-27)10-20(23(22)39-26)21-9-17(3-4-29-21)14-34-5-7-37-8-6-34;2*1-3-22-20(28)27-21-26-17-9-13(8-15(18(17)34-21)16-6-4-5-7-23-16)14-10-24-19(25-11-14)12(2)32-33(29,30)31/h4-11,18,24,37H,3,12-14H2,1-2H3,(H2,31,34,35,38);3-4,9-13,36H,2,5-8,14-16H2,1H3,(H2,28,32,33,35);2*4-12H,3H2,1-2H3,(H2,29,30,31)(H2,22,26,27,28)/t;;2*12-/m..10/s1. The number of thiazole rings is 4. The van der Waals surface area contributed by atoms with Gasteiger partial charge in [-0.1, -0.05) is 63.5 Å². The minimum Gasteiger partial charge on any atom is -0.379 e. The lowest BCUT2D eigenvalue weighted by Crippen LogP contribution is -2.50. The number of aromatic nitrogens is 15. The monoisotopic (exact) mass is 2120 g/mol. The second kappa shape index (κ2) is 47.4. The lowest BCUT2D eigenvalue weighted by atomic mass is 10.00. The third-order valence-corrected chi connectivity index (χ3v) is 27.8. The van der Waals surface area contributed by atoms with E-state index in [2.05, 4.69) is 138 Å². The summed E-state index contributed by atoms with van der Waals surface area (Å²) in [6.45, 7) is 19.1. The van der Waals surface area contributed by atoms with E-state index in [0.717, 1.165) is 156 Å². The van der Waals surface area contributed by atoms with Gasteiger partial charge in [-0.25, -0.2) is 78.1 Å². The van der Waals surface area contributed by atoms with Crippen molar-refractivity contribution >= 4 is 147 Å². The third kappa shape index (κ3) is 27.4. The van der Waals surface area contributed by atoms with E-state index in [-0.39, 0.29) is 55.1 Å². The Bertz CT molecular complexity index is 7250. The fraction of sp³-hybridized carbons (Fsp3) is 0.281. The second-order valence-electron chi connectivity index (χ2n) is 33.3. The first-order valence-electron chi connectivity index (χ1n) is 45.8. The van der Waals surface area contributed by atoms with Gasteiger partial charge >= 0.3 is 45.9 Å². The number of methoxy groups -OCH3 is 1. The molecule has 8 amide bonds. The molecule has 3 aliphatic rings. The number of aliphatic hydroxyl groups is 2. The summed E-state index contributed by atoms with van der Waals surface area (Å²) in [5, 5.41) is 43.7. The number of phosphoric ester groups is 2. The Morgan fingerprint density at radius 3 is 1.13 bits per heavy atom. The topological polar surface area (TPSA) is 566 Å². The van der Waals surface area contributed by atoms with E-state index in [0.29, 0.717) is 97.0 Å². The SMILES string of the molecule is CCNC(=O)Nc1nc2cc(-c3ccc(C(O)C(F)(F)F)nc3)cc(-c3cc(CN4CC(OC)C4)ccn3)c2s1.CCNC(=O)Nc1nc2cc(-c3cnc(C4(O)COC4)nc3)cc(-c3cc(CN4CCOCC4)ccn3)c2s1.CCNC(=O)Nc1nc2cc(-c3cnc([C@@H](C)OP(=O)(O)O)nc3)cc(-c3ccccn3)c2s1.CCNC(=O)Nc1nc2cc(-c3cnc([C@H](C)OP(=O)(O)O)nc3)cc(-c3ccccn3)c2s1. The normalized spacial score (nSPS) is 14.4. The number of hydrogen-bond donors (Lipinski definition) is 14. The van der Waals surface area contributed by atoms with Crippen LogP contribution in [-0.4, -0.2) is 237 Å². The van der Waals surface area contributed by atoms with E-state index in [1.165, 1.54) is 71.5 Å². The molecule has 14 N–H and O–H groups in total. The summed E-state index contributed by atoms with van der Waals surface area (Å²) >= 11 is 5.39. The van der Waals surface area contributed by atoms with Gasteiger partial charge in [0.1, 0.15) is 12.2 Å². The van der Waals surface area contributed by atoms with Crippen molar-refractivity contribution in [3.63, 3.8) is 0 Å². The number of carbonyl (C=O) groups is 4. The average Bonchev–Trinajstić information content (AvgIpc) is 1.68. The molecule has 0 spiro atoms. The van der Waals surface area contributed by atoms with Crippen molar-refractivity contribution < 1.29 is 94.5 Å². The highest BCUT2D eigenvalue weighted by Gasteiger charge is 2.42. The molecule has 3 aliphatic heterocycles. The molecule has 3 fully saturated rings. The van der Waals surface area contributed by atoms with Gasteiger partial charge < -0.3 is 65.3 Å². The number of nitrogens with one attached hydrogen (secondary N) is 8. The van der Waals surface area contributed by atoms with Gasteiger partial charge in [-0.05, 0) is 178 Å². The Labute approximate surface area is 852 Å². The molecule has 19 rings (SSSR count). The summed E-state index contributed by atoms with van der Waals surface area (Å²) < 4.78 is 89.7. The number of benzene rings is 4. The first-order valence-corrected chi connectivity index (χ1v) is 52.2. The van der Waals surface area contributed by atoms with Crippen LogP contribution in [0, 0.1) is 0 Å². The molecule has 3 atom stereocenters. The zero-order valence-electron chi connectivity index (χ0n) is 79.5. The van der Waals surface area contributed by atoms with E-state index in [4.69, 9.17) is 43.8 Å². The highest BCUT2D eigenvalue weighted by atomic mass is 32.1. The number of anilines is 4. The lowest BCUT2D eigenvalue weighted by molar-refractivity contribution is -0.207. The number of hydrogen-bond acceptors (Lipinski definition) is 34. The Hall–Kier alpha value is -13.8. The number of rotatable bonds is 29. The van der Waals surface area contributed by atoms with Crippen LogP contribution in [-0.2, 0) is 51.1 Å². The first kappa shape index (κ1) is 106. The van der Waals surface area contributed by atoms with Gasteiger partial charge in [0, 0.05) is 185 Å². The highest BCUT2D eigenvalue weighted by Crippen LogP contribution is 2.47. The highest BCUT2D eigenvalue weighted by molar-refractivity contribution is 7.46. The number of amides is 8. The number of alkyl halides is 3. The number of aliphatic hydroxyl groups excluding tert-OH is 1. The molecule has 12 aromatic heterocycles. The quantitative estimate of drug-likeness (QED) is 0.0194. The van der Waals surface area contributed by atoms with E-state index in [1.54, 1.807) is 68.9 Å². The van der Waals surface area contributed by atoms with Crippen LogP contribution in [0.25, 0.3) is 130 Å². The number of urea groups is 4. The van der Waals surface area contributed by atoms with Crippen molar-refractivity contribution in [1.29, 1.82) is 0 Å². The molecule has 15 heterocycles. The number of nitrogens with zero attached hydrogens (tertiary/aromatic N) is 17. The van der Waals surface area contributed by atoms with Gasteiger partial charge in [-0.3, -0.25) is 65.0 Å². The molecule has 0 saturated carbocycles. The van der Waals surface area contributed by atoms with Crippen LogP contribution in [0.1, 0.15) is 94.1 Å². The minimum absolute atomic E-state index is 0.139. The number of halogens is 3. The molecule has 4 aromatic carbocycles. The lowest BCUT2D eigenvalue weighted by Gasteiger charge is -2.38. The number of morpholine rings is 1. The Kier molecular flexibility index (Phi) is 34.2. The summed E-state index contributed by atoms with van der Waals surface area (Å²) in [5.41, 5.74) is 15.2. The minimum atomic E-state index is -4.81. The summed E-state index contributed by atoms with van der Waals surface area (Å²) in [6.07, 6.45) is 8.63. The van der Waals surface area contributed by atoms with Gasteiger partial charge in [0.25, 0.3) is 0 Å². The van der Waals surface area contributed by atoms with Gasteiger partial charge in [0.2, 0.25) is 0 Å². The van der Waals surface area contributed by atoms with E-state index < -0.39 is 51.4 Å². The fourth-order valence-electron chi connectivity index (χ4n) is 15.5. The molecule has 16 aromatic rings. The van der Waals surface area contributed by atoms with Crippen LogP contribution in [0.2, 0.25) is 0 Å². The number of ether oxygens (including phenoxy) is 3. The van der Waals surface area contributed by atoms with Crippen LogP contribution in [0.3, 0.4) is 0 Å². The number of likely N-dealkylation sites (tertiary alicyclic amines) is 1. The van der Waals surface area contributed by atoms with Crippen molar-refractivity contribution in [2.75, 3.05) is 107 Å². The van der Waals surface area contributed by atoms with Gasteiger partial charge in [-0.15, -0.1) is 0 Å². The zero-order chi connectivity index (χ0) is 104. The third-order valence-electron chi connectivity index (χ3n) is 22.6. The van der Waals surface area contributed by atoms with Crippen molar-refractivity contribution in [3.05, 3.63) is 224 Å². The Morgan fingerprint density at radius 1 is 0.449 bits per heavy atom. The molecule has 1 unspecified atom stereocenters. The molecule has 51 heteroatoms. The van der Waals surface area contributed by atoms with E-state index >= 15 is 0 Å². The van der Waals surface area contributed by atoms with Crippen LogP contribution < -0.4 is 42.5 Å². The predicted molar refractivity (Wildman–Crippen MR) is 549 cm³/mol. The number of phosphoric acid groups is 2. The van der Waals surface area contributed by atoms with Crippen LogP contribution in [0.5, 0.6) is 0 Å². The van der Waals surface area contributed by atoms with Crippen LogP contribution in [0.15, 0.2) is 189 Å². The molecule has 42 nitrogen and oxygen atoms in total. The molecular formula is C96H98F3N25O17P2S4. The predicted octanol–water partition coefficient (Wildman–Crippen LogP) is 16.2. The zero-order valence-corrected chi connectivity index (χ0v) is 84.6. The molecule has 764 valence electrons. The average molecular weight is 2120 g/mol. The summed E-state index contributed by atoms with van der Waals surface area (Å²) in [6, 6.07) is 35.8. The van der Waals surface area contributed by atoms with Gasteiger partial charge in [0.05, 0.1) is 102 Å². The van der Waals surface area contributed by atoms with Gasteiger partial charge in [-0.2, -0.15) is 13.2 Å². The smallest absolute Gasteiger partial charge is 0.379 e. The van der Waals surface area contributed by atoms with Crippen LogP contribution in [0.4, 0.5) is 52.9 Å². The summed E-state index contributed by atoms with van der Waals surface area (Å²) in [5.74, 6) is 0.624. The molecule has 0 aliphatic carbocycles. The van der Waals surface area contributed by atoms with Crippen molar-refractivity contribution in [2.45, 2.75) is 90.8 Å². The summed E-state index contributed by atoms with van der Waals surface area (Å²) in [4.78, 5) is 155. The van der Waals surface area contributed by atoms with E-state index in [9.17, 15) is 51.7 Å². The number of pyridine rings is 5. The second-order valence-corrected chi connectivity index (χ2v) is 39.7. The maximum atomic E-state index is 12.9. The Balaban J connectivity index is 0.000000140. The first-order chi connectivity index (χ1) is 70.6. The van der Waals surface area contributed by atoms with E-state index in [1.807, 2.05) is 125 Å². The maximum absolute atomic E-state index is 12.9. The fourth-order valence-corrected chi connectivity index (χ4v) is 20.4. The number of fused-ring (bicyclic) bond motifs is 4. The maximum Gasteiger partial charge on any atom is 0.470 e. The molecular weight excluding hydrogens is 2020 g/mol. The number of carbonyl (C=O) groups excluding carboxylic acids is 4. The Morgan fingerprint density at radius 2 is 0.803 bits per heavy atom. The largest absolute Gasteiger partial charge is 0.470 e. The molecule has 0 radical (unpaired) electrons. The molecule has 3 saturated heterocycles. The van der Waals surface area contributed by atoms with Crippen molar-refractivity contribution in [1.82, 2.24) is 106 Å². The van der Waals surface area contributed by atoms with Crippen LogP contribution >= 0.6 is 61.0 Å². The summed E-state index contributed by atoms with van der Waals surface area (Å²) in [7, 11) is -7.63. The molecule has 0 bridgehead atoms. The van der Waals surface area contributed by atoms with Gasteiger partial charge in [0.15, 0.2) is 49.7 Å². The molecule has 147 heavy (non-hydrogen) atoms. The van der Waals surface area contributed by atoms with Crippen molar-refractivity contribution in [2.24, 2.45) is 0 Å². The van der Waals surface area contributed by atoms with Crippen molar-refractivity contribution in [3.8, 4) is 89.5 Å².